The van der Waals surface area contributed by atoms with Gasteiger partial charge < -0.3 is 0 Å². The predicted molar refractivity (Wildman–Crippen MR) is 257 cm³/mol. The quantitative estimate of drug-likeness (QED) is 0.163. The maximum Gasteiger partial charge on any atom is 0.238 e. The number of hydrogen-bond donors (Lipinski definition) is 1. The van der Waals surface area contributed by atoms with E-state index >= 15 is 0 Å². The first-order valence-electron chi connectivity index (χ1n) is 21.0. The van der Waals surface area contributed by atoms with Gasteiger partial charge in [0.15, 0.2) is 0 Å². The average molecular weight is 813 g/mol. The second-order valence-corrected chi connectivity index (χ2v) is 18.9. The Morgan fingerprint density at radius 3 is 1.48 bits per heavy atom. The minimum Gasteiger partial charge on any atom is -0.276 e. The van der Waals surface area contributed by atoms with E-state index in [-0.39, 0.29) is 0 Å². The van der Waals surface area contributed by atoms with Crippen LogP contribution in [0.3, 0.4) is 0 Å². The van der Waals surface area contributed by atoms with Gasteiger partial charge in [-0.3, -0.25) is 4.40 Å². The summed E-state index contributed by atoms with van der Waals surface area (Å²) in [5, 5.41) is 3.82. The predicted octanol–water partition coefficient (Wildman–Crippen LogP) is 11.9. The SMILES string of the molecule is O[P+](c1ccccc1)(c1ccccc1)c1ccc(-c2ccc3c(c2)C(c2ccccc2)(c2ccccc2)c2cc(-c4nc5ccccc5c5nc6ccccc6n45)ccc2-3)cc1. The van der Waals surface area contributed by atoms with Gasteiger partial charge in [0.2, 0.25) is 7.49 Å². The van der Waals surface area contributed by atoms with Crippen molar-refractivity contribution in [2.45, 2.75) is 5.41 Å². The highest BCUT2D eigenvalue weighted by Gasteiger charge is 2.47. The smallest absolute Gasteiger partial charge is 0.238 e. The van der Waals surface area contributed by atoms with E-state index in [2.05, 4.69) is 162 Å². The van der Waals surface area contributed by atoms with Crippen LogP contribution in [0.2, 0.25) is 0 Å². The molecule has 1 aliphatic rings. The molecule has 1 N–H and O–H groups in total. The van der Waals surface area contributed by atoms with Gasteiger partial charge in [0.1, 0.15) is 27.4 Å². The molecule has 0 spiro atoms. The highest BCUT2D eigenvalue weighted by Crippen LogP contribution is 2.58. The molecule has 2 heterocycles. The summed E-state index contributed by atoms with van der Waals surface area (Å²) in [4.78, 5) is 23.2. The molecule has 4 nitrogen and oxygen atoms in total. The van der Waals surface area contributed by atoms with Crippen LogP contribution in [0.1, 0.15) is 22.3 Å². The van der Waals surface area contributed by atoms with Crippen molar-refractivity contribution in [1.82, 2.24) is 14.4 Å². The van der Waals surface area contributed by atoms with E-state index in [0.717, 1.165) is 66.0 Å². The van der Waals surface area contributed by atoms with Gasteiger partial charge in [-0.2, -0.15) is 0 Å². The van der Waals surface area contributed by atoms with Crippen molar-refractivity contribution in [2.24, 2.45) is 0 Å². The van der Waals surface area contributed by atoms with E-state index in [4.69, 9.17) is 9.97 Å². The molecule has 0 radical (unpaired) electrons. The molecular formula is C57H39N3OP+. The van der Waals surface area contributed by atoms with Crippen LogP contribution < -0.4 is 15.9 Å². The number of para-hydroxylation sites is 3. The van der Waals surface area contributed by atoms with Crippen molar-refractivity contribution in [2.75, 3.05) is 0 Å². The first-order valence-corrected chi connectivity index (χ1v) is 22.8. The summed E-state index contributed by atoms with van der Waals surface area (Å²) < 4.78 is 2.23. The van der Waals surface area contributed by atoms with Crippen molar-refractivity contribution < 1.29 is 4.89 Å². The Morgan fingerprint density at radius 1 is 0.403 bits per heavy atom. The number of hydrogen-bond acceptors (Lipinski definition) is 3. The van der Waals surface area contributed by atoms with Crippen LogP contribution in [0.15, 0.2) is 231 Å². The lowest BCUT2D eigenvalue weighted by atomic mass is 9.67. The van der Waals surface area contributed by atoms with E-state index in [0.29, 0.717) is 0 Å². The number of rotatable bonds is 7. The fourth-order valence-electron chi connectivity index (χ4n) is 9.95. The molecule has 0 aliphatic heterocycles. The van der Waals surface area contributed by atoms with Gasteiger partial charge >= 0.3 is 0 Å². The summed E-state index contributed by atoms with van der Waals surface area (Å²) in [5.41, 5.74) is 13.6. The summed E-state index contributed by atoms with van der Waals surface area (Å²) in [6.45, 7) is 0. The molecule has 11 aromatic rings. The standard InChI is InChI=1S/C57H39N3OP/c61-62(44-21-9-3-10-22-44,45-23-11-4-12-24-45)46-33-29-39(30-34-46)40-31-35-47-48-36-32-41(55-58-52-26-14-13-25-49(52)56-59-53-27-15-16-28-54(53)60(55)56)38-51(48)57(50(47)37-40,42-17-5-1-6-18-42)43-19-7-2-8-20-43/h1-38,61H/q+1. The van der Waals surface area contributed by atoms with Gasteiger partial charge in [-0.05, 0) is 117 Å². The molecule has 0 atom stereocenters. The maximum atomic E-state index is 12.7. The van der Waals surface area contributed by atoms with Crippen LogP contribution in [0.25, 0.3) is 61.2 Å². The van der Waals surface area contributed by atoms with Gasteiger partial charge in [-0.25, -0.2) is 14.9 Å². The number of imidazole rings is 1. The van der Waals surface area contributed by atoms with E-state index in [1.807, 2.05) is 72.8 Å². The minimum atomic E-state index is -2.87. The van der Waals surface area contributed by atoms with Gasteiger partial charge in [0, 0.05) is 10.9 Å². The van der Waals surface area contributed by atoms with Crippen LogP contribution in [-0.2, 0) is 5.41 Å². The Balaban J connectivity index is 1.07. The summed E-state index contributed by atoms with van der Waals surface area (Å²) in [6.07, 6.45) is 0. The summed E-state index contributed by atoms with van der Waals surface area (Å²) in [5.74, 6) is 0.857. The Labute approximate surface area is 360 Å². The van der Waals surface area contributed by atoms with E-state index < -0.39 is 12.9 Å². The molecule has 5 heteroatoms. The molecule has 0 saturated carbocycles. The molecule has 12 rings (SSSR count). The van der Waals surface area contributed by atoms with Crippen LogP contribution in [-0.4, -0.2) is 19.3 Å². The fraction of sp³-hybridized carbons (Fsp3) is 0.0175. The van der Waals surface area contributed by atoms with Crippen LogP contribution >= 0.6 is 7.49 Å². The molecule has 0 bridgehead atoms. The Bertz CT molecular complexity index is 3380. The first-order chi connectivity index (χ1) is 30.6. The van der Waals surface area contributed by atoms with Crippen molar-refractivity contribution in [3.8, 4) is 33.6 Å². The molecule has 62 heavy (non-hydrogen) atoms. The van der Waals surface area contributed by atoms with E-state index in [1.54, 1.807) is 0 Å². The monoisotopic (exact) mass is 812 g/mol. The van der Waals surface area contributed by atoms with Crippen molar-refractivity contribution in [3.05, 3.63) is 253 Å². The van der Waals surface area contributed by atoms with Gasteiger partial charge in [-0.1, -0.05) is 158 Å². The van der Waals surface area contributed by atoms with Gasteiger partial charge in [0.05, 0.1) is 22.0 Å². The minimum absolute atomic E-state index is 0.640. The lowest BCUT2D eigenvalue weighted by Crippen LogP contribution is -2.30. The zero-order valence-corrected chi connectivity index (χ0v) is 34.6. The molecular weight excluding hydrogens is 774 g/mol. The highest BCUT2D eigenvalue weighted by atomic mass is 31.2. The molecule has 9 aromatic carbocycles. The van der Waals surface area contributed by atoms with Gasteiger partial charge in [0.25, 0.3) is 0 Å². The van der Waals surface area contributed by atoms with E-state index in [9.17, 15) is 4.89 Å². The zero-order valence-electron chi connectivity index (χ0n) is 33.7. The highest BCUT2D eigenvalue weighted by molar-refractivity contribution is 7.91. The number of benzene rings is 9. The zero-order chi connectivity index (χ0) is 41.3. The summed E-state index contributed by atoms with van der Waals surface area (Å²) in [6, 6.07) is 81.2. The van der Waals surface area contributed by atoms with Crippen molar-refractivity contribution in [3.63, 3.8) is 0 Å². The Hall–Kier alpha value is -7.49. The normalized spacial score (nSPS) is 13.0. The van der Waals surface area contributed by atoms with Crippen LogP contribution in [0, 0.1) is 0 Å². The average Bonchev–Trinajstić information content (AvgIpc) is 3.89. The topological polar surface area (TPSA) is 50.4 Å². The fourth-order valence-corrected chi connectivity index (χ4v) is 12.6. The maximum absolute atomic E-state index is 12.7. The Morgan fingerprint density at radius 2 is 0.871 bits per heavy atom. The Kier molecular flexibility index (Phi) is 8.40. The van der Waals surface area contributed by atoms with Crippen molar-refractivity contribution >= 4 is 51.0 Å². The third-order valence-corrected chi connectivity index (χ3v) is 15.9. The molecule has 1 aliphatic carbocycles. The molecule has 2 aromatic heterocycles. The first kappa shape index (κ1) is 36.4. The number of nitrogens with zero attached hydrogens (tertiary/aromatic N) is 3. The van der Waals surface area contributed by atoms with Gasteiger partial charge in [-0.15, -0.1) is 0 Å². The van der Waals surface area contributed by atoms with Crippen LogP contribution in [0.4, 0.5) is 0 Å². The third-order valence-electron chi connectivity index (χ3n) is 12.8. The molecule has 292 valence electrons. The number of aromatic nitrogens is 3. The molecule has 0 fully saturated rings. The van der Waals surface area contributed by atoms with Crippen LogP contribution in [0.5, 0.6) is 0 Å². The summed E-state index contributed by atoms with van der Waals surface area (Å²) >= 11 is 0. The molecule has 0 saturated heterocycles. The lowest BCUT2D eigenvalue weighted by Gasteiger charge is -2.34. The van der Waals surface area contributed by atoms with Crippen molar-refractivity contribution in [1.29, 1.82) is 0 Å². The molecule has 0 amide bonds. The largest absolute Gasteiger partial charge is 0.276 e. The third kappa shape index (κ3) is 5.41. The lowest BCUT2D eigenvalue weighted by molar-refractivity contribution is 0.633. The summed E-state index contributed by atoms with van der Waals surface area (Å²) in [7, 11) is -2.87. The molecule has 0 unspecified atom stereocenters. The number of fused-ring (bicyclic) bond motifs is 8. The second-order valence-electron chi connectivity index (χ2n) is 16.1. The second kappa shape index (κ2) is 14.3. The van der Waals surface area contributed by atoms with E-state index in [1.165, 1.54) is 33.4 Å².